The minimum atomic E-state index is -3.77. The number of carboxylic acids is 1. The Kier molecular flexibility index (Phi) is 5.69. The van der Waals surface area contributed by atoms with Gasteiger partial charge in [-0.05, 0) is 36.4 Å². The number of nitrogens with zero attached hydrogens (tertiary/aromatic N) is 2. The van der Waals surface area contributed by atoms with Gasteiger partial charge >= 0.3 is 5.97 Å². The van der Waals surface area contributed by atoms with Gasteiger partial charge in [0.15, 0.2) is 0 Å². The highest BCUT2D eigenvalue weighted by Crippen LogP contribution is 2.31. The minimum Gasteiger partial charge on any atom is -0.478 e. The maximum absolute atomic E-state index is 12.9. The van der Waals surface area contributed by atoms with Crippen LogP contribution in [0.1, 0.15) is 10.4 Å². The summed E-state index contributed by atoms with van der Waals surface area (Å²) in [7, 11) is -3.77. The first-order valence-electron chi connectivity index (χ1n) is 8.99. The molecular weight excluding hydrogens is 451 g/mol. The van der Waals surface area contributed by atoms with Crippen molar-refractivity contribution in [3.05, 3.63) is 58.1 Å². The number of sulfonamides is 1. The number of aromatic nitrogens is 1. The van der Waals surface area contributed by atoms with Crippen LogP contribution in [0.15, 0.2) is 47.4 Å². The van der Waals surface area contributed by atoms with Gasteiger partial charge in [0.1, 0.15) is 0 Å². The number of benzene rings is 2. The Bertz CT molecular complexity index is 1260. The van der Waals surface area contributed by atoms with E-state index in [4.69, 9.17) is 27.9 Å². The van der Waals surface area contributed by atoms with Gasteiger partial charge in [-0.1, -0.05) is 29.3 Å². The number of ether oxygens (including phenoxy) is 1. The van der Waals surface area contributed by atoms with Gasteiger partial charge in [-0.15, -0.1) is 0 Å². The Morgan fingerprint density at radius 2 is 1.77 bits per heavy atom. The topological polar surface area (TPSA) is 96.8 Å². The average Bonchev–Trinajstić information content (AvgIpc) is 2.75. The minimum absolute atomic E-state index is 0.0171. The van der Waals surface area contributed by atoms with E-state index in [1.807, 2.05) is 0 Å². The van der Waals surface area contributed by atoms with Gasteiger partial charge in [0.05, 0.1) is 44.9 Å². The van der Waals surface area contributed by atoms with Crippen molar-refractivity contribution >= 4 is 50.1 Å². The number of hydrogen-bond acceptors (Lipinski definition) is 5. The number of hydrogen-bond donors (Lipinski definition) is 1. The monoisotopic (exact) mass is 466 g/mol. The van der Waals surface area contributed by atoms with Crippen LogP contribution in [0.2, 0.25) is 10.0 Å². The molecule has 0 saturated carbocycles. The Balaban J connectivity index is 1.85. The molecule has 0 unspecified atom stereocenters. The zero-order chi connectivity index (χ0) is 21.5. The number of halogens is 2. The zero-order valence-electron chi connectivity index (χ0n) is 15.5. The van der Waals surface area contributed by atoms with Gasteiger partial charge in [-0.3, -0.25) is 0 Å². The summed E-state index contributed by atoms with van der Waals surface area (Å²) in [6.45, 7) is 1.14. The van der Waals surface area contributed by atoms with E-state index in [0.717, 1.165) is 0 Å². The van der Waals surface area contributed by atoms with Crippen molar-refractivity contribution in [3.8, 4) is 11.3 Å². The van der Waals surface area contributed by atoms with Crippen molar-refractivity contribution in [1.82, 2.24) is 9.29 Å². The van der Waals surface area contributed by atoms with E-state index < -0.39 is 16.0 Å². The van der Waals surface area contributed by atoms with Crippen LogP contribution in [0.25, 0.3) is 22.2 Å². The fourth-order valence-electron chi connectivity index (χ4n) is 3.28. The predicted molar refractivity (Wildman–Crippen MR) is 114 cm³/mol. The van der Waals surface area contributed by atoms with Crippen LogP contribution in [0, 0.1) is 0 Å². The maximum Gasteiger partial charge on any atom is 0.336 e. The third-order valence-corrected chi connectivity index (χ3v) is 7.47. The molecule has 156 valence electrons. The van der Waals surface area contributed by atoms with E-state index in [1.54, 1.807) is 18.2 Å². The van der Waals surface area contributed by atoms with E-state index >= 15 is 0 Å². The lowest BCUT2D eigenvalue weighted by molar-refractivity contribution is 0.0699. The van der Waals surface area contributed by atoms with Crippen molar-refractivity contribution in [2.24, 2.45) is 0 Å². The highest BCUT2D eigenvalue weighted by molar-refractivity contribution is 7.89. The zero-order valence-corrected chi connectivity index (χ0v) is 17.8. The molecule has 1 aliphatic heterocycles. The molecule has 0 spiro atoms. The van der Waals surface area contributed by atoms with Gasteiger partial charge in [0.25, 0.3) is 0 Å². The van der Waals surface area contributed by atoms with Gasteiger partial charge in [-0.25, -0.2) is 18.2 Å². The molecular formula is C20H16Cl2N2O5S. The van der Waals surface area contributed by atoms with Gasteiger partial charge < -0.3 is 9.84 Å². The molecule has 0 bridgehead atoms. The summed E-state index contributed by atoms with van der Waals surface area (Å²) >= 11 is 12.0. The van der Waals surface area contributed by atoms with E-state index in [1.165, 1.54) is 28.6 Å². The van der Waals surface area contributed by atoms with Gasteiger partial charge in [0, 0.05) is 24.0 Å². The number of carboxylic acid groups (broad SMARTS) is 1. The van der Waals surface area contributed by atoms with Crippen LogP contribution in [-0.2, 0) is 14.8 Å². The molecule has 1 saturated heterocycles. The fraction of sp³-hybridized carbons (Fsp3) is 0.200. The normalized spacial score (nSPS) is 15.4. The smallest absolute Gasteiger partial charge is 0.336 e. The lowest BCUT2D eigenvalue weighted by Crippen LogP contribution is -2.40. The summed E-state index contributed by atoms with van der Waals surface area (Å²) in [5, 5.41) is 10.7. The first-order chi connectivity index (χ1) is 14.3. The molecule has 1 aromatic heterocycles. The van der Waals surface area contributed by atoms with Gasteiger partial charge in [0.2, 0.25) is 10.0 Å². The molecule has 0 atom stereocenters. The largest absolute Gasteiger partial charge is 0.478 e. The number of morpholine rings is 1. The molecule has 1 aliphatic rings. The van der Waals surface area contributed by atoms with Crippen molar-refractivity contribution in [2.45, 2.75) is 4.90 Å². The number of carbonyl (C=O) groups is 1. The fourth-order valence-corrected chi connectivity index (χ4v) is 5.01. The molecule has 2 heterocycles. The quantitative estimate of drug-likeness (QED) is 0.625. The average molecular weight is 467 g/mol. The van der Waals surface area contributed by atoms with E-state index in [2.05, 4.69) is 4.98 Å². The highest BCUT2D eigenvalue weighted by atomic mass is 35.5. The van der Waals surface area contributed by atoms with Crippen molar-refractivity contribution in [3.63, 3.8) is 0 Å². The Morgan fingerprint density at radius 3 is 2.43 bits per heavy atom. The third-order valence-electron chi connectivity index (χ3n) is 4.83. The summed E-state index contributed by atoms with van der Waals surface area (Å²) in [6.07, 6.45) is 0. The standard InChI is InChI=1S/C20H16Cl2N2O5S/c21-16-3-1-12(9-17(16)22)19-11-15(20(25)26)14-10-13(2-4-18(14)23-19)30(27,28)24-5-7-29-8-6-24/h1-4,9-11H,5-8H2,(H,25,26). The number of aromatic carboxylic acids is 1. The first kappa shape index (κ1) is 21.0. The van der Waals surface area contributed by atoms with Gasteiger partial charge in [-0.2, -0.15) is 4.31 Å². The second-order valence-corrected chi connectivity index (χ2v) is 9.44. The summed E-state index contributed by atoms with van der Waals surface area (Å²) in [4.78, 5) is 16.4. The van der Waals surface area contributed by atoms with Crippen molar-refractivity contribution < 1.29 is 23.1 Å². The molecule has 2 aromatic carbocycles. The number of pyridine rings is 1. The lowest BCUT2D eigenvalue weighted by Gasteiger charge is -2.26. The summed E-state index contributed by atoms with van der Waals surface area (Å²) in [5.41, 5.74) is 1.29. The predicted octanol–water partition coefficient (Wildman–Crippen LogP) is 3.93. The third kappa shape index (κ3) is 3.89. The summed E-state index contributed by atoms with van der Waals surface area (Å²) in [6, 6.07) is 10.6. The second-order valence-electron chi connectivity index (χ2n) is 6.68. The number of rotatable bonds is 4. The first-order valence-corrected chi connectivity index (χ1v) is 11.2. The second kappa shape index (κ2) is 8.13. The lowest BCUT2D eigenvalue weighted by atomic mass is 10.0. The van der Waals surface area contributed by atoms with Crippen LogP contribution in [0.4, 0.5) is 0 Å². The molecule has 3 aromatic rings. The van der Waals surface area contributed by atoms with E-state index in [0.29, 0.717) is 40.0 Å². The molecule has 30 heavy (non-hydrogen) atoms. The van der Waals surface area contributed by atoms with E-state index in [9.17, 15) is 18.3 Å². The van der Waals surface area contributed by atoms with Crippen LogP contribution in [0.5, 0.6) is 0 Å². The van der Waals surface area contributed by atoms with Crippen molar-refractivity contribution in [1.29, 1.82) is 0 Å². The SMILES string of the molecule is O=C(O)c1cc(-c2ccc(Cl)c(Cl)c2)nc2ccc(S(=O)(=O)N3CCOCC3)cc12. The molecule has 7 nitrogen and oxygen atoms in total. The molecule has 0 aliphatic carbocycles. The Hall–Kier alpha value is -2.23. The molecule has 0 amide bonds. The Labute approximate surface area is 182 Å². The highest BCUT2D eigenvalue weighted by Gasteiger charge is 2.27. The summed E-state index contributed by atoms with van der Waals surface area (Å²) in [5.74, 6) is -1.19. The van der Waals surface area contributed by atoms with Crippen molar-refractivity contribution in [2.75, 3.05) is 26.3 Å². The molecule has 1 N–H and O–H groups in total. The summed E-state index contributed by atoms with van der Waals surface area (Å²) < 4.78 is 32.4. The van der Waals surface area contributed by atoms with Crippen LogP contribution in [0.3, 0.4) is 0 Å². The molecule has 10 heteroatoms. The maximum atomic E-state index is 12.9. The van der Waals surface area contributed by atoms with Crippen LogP contribution < -0.4 is 0 Å². The van der Waals surface area contributed by atoms with E-state index in [-0.39, 0.29) is 28.9 Å². The molecule has 1 fully saturated rings. The molecule has 0 radical (unpaired) electrons. The Morgan fingerprint density at radius 1 is 1.03 bits per heavy atom. The molecule has 4 rings (SSSR count). The van der Waals surface area contributed by atoms with Crippen LogP contribution >= 0.6 is 23.2 Å². The van der Waals surface area contributed by atoms with Crippen LogP contribution in [-0.4, -0.2) is 55.1 Å². The number of fused-ring (bicyclic) bond motifs is 1.